The number of hydrogen-bond acceptors (Lipinski definition) is 5. The lowest BCUT2D eigenvalue weighted by Gasteiger charge is -2.23. The fourth-order valence-electron chi connectivity index (χ4n) is 3.83. The molecule has 2 aliphatic rings. The molecule has 9 heteroatoms. The summed E-state index contributed by atoms with van der Waals surface area (Å²) in [5.74, 6) is -0.117. The minimum absolute atomic E-state index is 0.0865. The number of carbonyl (C=O) groups excluding carboxylic acids is 1. The van der Waals surface area contributed by atoms with Crippen LogP contribution in [-0.2, 0) is 19.4 Å². The second-order valence-corrected chi connectivity index (χ2v) is 7.13. The zero-order valence-corrected chi connectivity index (χ0v) is 14.8. The van der Waals surface area contributed by atoms with Gasteiger partial charge in [-0.15, -0.1) is 5.10 Å². The highest BCUT2D eigenvalue weighted by atomic mass is 16.2. The molecule has 0 aliphatic carbocycles. The second-order valence-electron chi connectivity index (χ2n) is 7.13. The van der Waals surface area contributed by atoms with Crippen LogP contribution in [0.3, 0.4) is 0 Å². The molecule has 4 rings (SSSR count). The highest BCUT2D eigenvalue weighted by Crippen LogP contribution is 2.13. The van der Waals surface area contributed by atoms with Gasteiger partial charge in [-0.2, -0.15) is 0 Å². The minimum atomic E-state index is -0.117. The predicted octanol–water partition coefficient (Wildman–Crippen LogP) is 0.0677. The van der Waals surface area contributed by atoms with E-state index in [1.807, 2.05) is 0 Å². The highest BCUT2D eigenvalue weighted by molar-refractivity contribution is 5.92. The van der Waals surface area contributed by atoms with Gasteiger partial charge in [-0.1, -0.05) is 11.6 Å². The standard InChI is InChI=1S/C17H25N7O2/c25-16-13-5-8-23(9-6-14(13)19-21-16)17(26)15-11-24(22-20-15)10-4-12-3-1-2-7-18-12/h11-12,18H,1-10H2,(H2,19,21,25)/t12-/m0/s1. The van der Waals surface area contributed by atoms with Crippen LogP contribution in [0, 0.1) is 0 Å². The molecular formula is C17H25N7O2. The van der Waals surface area contributed by atoms with Gasteiger partial charge in [0.15, 0.2) is 5.69 Å². The summed E-state index contributed by atoms with van der Waals surface area (Å²) in [6.07, 6.45) is 7.67. The fraction of sp³-hybridized carbons (Fsp3) is 0.647. The molecule has 2 aromatic heterocycles. The lowest BCUT2D eigenvalue weighted by molar-refractivity contribution is 0.0756. The Labute approximate surface area is 151 Å². The summed E-state index contributed by atoms with van der Waals surface area (Å²) in [7, 11) is 0. The van der Waals surface area contributed by atoms with Crippen molar-refractivity contribution in [2.45, 2.75) is 51.1 Å². The molecule has 1 amide bonds. The van der Waals surface area contributed by atoms with Gasteiger partial charge in [0.05, 0.1) is 6.20 Å². The van der Waals surface area contributed by atoms with Crippen molar-refractivity contribution in [3.63, 3.8) is 0 Å². The maximum Gasteiger partial charge on any atom is 0.276 e. The number of carbonyl (C=O) groups is 1. The summed E-state index contributed by atoms with van der Waals surface area (Å²) in [6.45, 7) is 2.94. The van der Waals surface area contributed by atoms with Crippen LogP contribution in [0.4, 0.5) is 0 Å². The molecule has 1 saturated heterocycles. The average Bonchev–Trinajstić information content (AvgIpc) is 3.21. The molecule has 3 N–H and O–H groups in total. The molecule has 140 valence electrons. The molecule has 1 fully saturated rings. The fourth-order valence-corrected chi connectivity index (χ4v) is 3.83. The van der Waals surface area contributed by atoms with Crippen LogP contribution in [0.15, 0.2) is 11.0 Å². The number of amides is 1. The number of hydrogen-bond donors (Lipinski definition) is 3. The van der Waals surface area contributed by atoms with Gasteiger partial charge in [0.25, 0.3) is 11.5 Å². The maximum absolute atomic E-state index is 12.7. The van der Waals surface area contributed by atoms with Crippen LogP contribution in [-0.4, -0.2) is 61.7 Å². The average molecular weight is 359 g/mol. The molecule has 0 bridgehead atoms. The van der Waals surface area contributed by atoms with Crippen LogP contribution in [0.2, 0.25) is 0 Å². The third-order valence-electron chi connectivity index (χ3n) is 5.39. The van der Waals surface area contributed by atoms with Crippen molar-refractivity contribution in [1.29, 1.82) is 0 Å². The molecule has 0 spiro atoms. The first-order valence-corrected chi connectivity index (χ1v) is 9.42. The smallest absolute Gasteiger partial charge is 0.276 e. The van der Waals surface area contributed by atoms with E-state index in [1.165, 1.54) is 19.3 Å². The van der Waals surface area contributed by atoms with Crippen LogP contribution in [0.25, 0.3) is 0 Å². The molecule has 2 aromatic rings. The van der Waals surface area contributed by atoms with Gasteiger partial charge >= 0.3 is 0 Å². The van der Waals surface area contributed by atoms with Gasteiger partial charge in [0, 0.05) is 43.4 Å². The zero-order valence-electron chi connectivity index (χ0n) is 14.8. The Morgan fingerprint density at radius 3 is 2.96 bits per heavy atom. The highest BCUT2D eigenvalue weighted by Gasteiger charge is 2.24. The first-order valence-electron chi connectivity index (χ1n) is 9.42. The molecular weight excluding hydrogens is 334 g/mol. The summed E-state index contributed by atoms with van der Waals surface area (Å²) < 4.78 is 1.76. The van der Waals surface area contributed by atoms with E-state index < -0.39 is 0 Å². The Balaban J connectivity index is 1.35. The molecule has 26 heavy (non-hydrogen) atoms. The lowest BCUT2D eigenvalue weighted by Crippen LogP contribution is -2.34. The number of aryl methyl sites for hydroxylation is 1. The normalized spacial score (nSPS) is 20.6. The van der Waals surface area contributed by atoms with E-state index in [0.29, 0.717) is 37.7 Å². The Morgan fingerprint density at radius 2 is 2.12 bits per heavy atom. The number of rotatable bonds is 4. The summed E-state index contributed by atoms with van der Waals surface area (Å²) in [4.78, 5) is 26.2. The third kappa shape index (κ3) is 3.57. The Bertz CT molecular complexity index is 815. The number of aromatic nitrogens is 5. The summed E-state index contributed by atoms with van der Waals surface area (Å²) in [6, 6.07) is 0.532. The van der Waals surface area contributed by atoms with Crippen molar-refractivity contribution < 1.29 is 4.79 Å². The summed E-state index contributed by atoms with van der Waals surface area (Å²) in [5.41, 5.74) is 1.94. The van der Waals surface area contributed by atoms with E-state index in [4.69, 9.17) is 0 Å². The van der Waals surface area contributed by atoms with E-state index in [-0.39, 0.29) is 11.5 Å². The minimum Gasteiger partial charge on any atom is -0.336 e. The van der Waals surface area contributed by atoms with Crippen LogP contribution < -0.4 is 10.9 Å². The summed E-state index contributed by atoms with van der Waals surface area (Å²) in [5, 5.41) is 17.2. The number of aromatic amines is 2. The van der Waals surface area contributed by atoms with Gasteiger partial charge in [0.1, 0.15) is 0 Å². The van der Waals surface area contributed by atoms with Crippen molar-refractivity contribution in [3.05, 3.63) is 33.5 Å². The lowest BCUT2D eigenvalue weighted by atomic mass is 10.0. The van der Waals surface area contributed by atoms with E-state index in [0.717, 1.165) is 30.8 Å². The van der Waals surface area contributed by atoms with Gasteiger partial charge < -0.3 is 15.3 Å². The van der Waals surface area contributed by atoms with E-state index >= 15 is 0 Å². The Hall–Kier alpha value is -2.42. The van der Waals surface area contributed by atoms with E-state index in [2.05, 4.69) is 25.8 Å². The van der Waals surface area contributed by atoms with Crippen molar-refractivity contribution in [2.75, 3.05) is 19.6 Å². The quantitative estimate of drug-likeness (QED) is 0.715. The molecule has 0 saturated carbocycles. The SMILES string of the molecule is O=C(c1cn(CC[C@@H]2CCCCN2)nn1)N1CCc2[nH][nH]c(=O)c2CC1. The Morgan fingerprint density at radius 1 is 1.23 bits per heavy atom. The number of piperidine rings is 1. The van der Waals surface area contributed by atoms with Crippen LogP contribution in [0.5, 0.6) is 0 Å². The first kappa shape index (κ1) is 17.0. The molecule has 0 unspecified atom stereocenters. The number of nitrogens with one attached hydrogen (secondary N) is 3. The molecule has 0 radical (unpaired) electrons. The van der Waals surface area contributed by atoms with Crippen LogP contribution >= 0.6 is 0 Å². The van der Waals surface area contributed by atoms with Gasteiger partial charge in [-0.3, -0.25) is 19.4 Å². The maximum atomic E-state index is 12.7. The molecule has 2 aliphatic heterocycles. The van der Waals surface area contributed by atoms with Crippen molar-refractivity contribution >= 4 is 5.91 Å². The summed E-state index contributed by atoms with van der Waals surface area (Å²) >= 11 is 0. The van der Waals surface area contributed by atoms with Gasteiger partial charge in [0.2, 0.25) is 0 Å². The number of fused-ring (bicyclic) bond motifs is 1. The first-order chi connectivity index (χ1) is 12.7. The zero-order chi connectivity index (χ0) is 17.9. The van der Waals surface area contributed by atoms with E-state index in [1.54, 1.807) is 15.8 Å². The van der Waals surface area contributed by atoms with E-state index in [9.17, 15) is 9.59 Å². The van der Waals surface area contributed by atoms with Crippen molar-refractivity contribution in [1.82, 2.24) is 35.4 Å². The second kappa shape index (κ2) is 7.45. The van der Waals surface area contributed by atoms with Crippen molar-refractivity contribution in [3.8, 4) is 0 Å². The molecule has 1 atom stereocenters. The largest absolute Gasteiger partial charge is 0.336 e. The molecule has 9 nitrogen and oxygen atoms in total. The topological polar surface area (TPSA) is 112 Å². The molecule has 4 heterocycles. The molecule has 0 aromatic carbocycles. The monoisotopic (exact) mass is 359 g/mol. The van der Waals surface area contributed by atoms with Crippen molar-refractivity contribution in [2.24, 2.45) is 0 Å². The Kier molecular flexibility index (Phi) is 4.87. The van der Waals surface area contributed by atoms with Crippen LogP contribution in [0.1, 0.15) is 47.4 Å². The number of nitrogens with zero attached hydrogens (tertiary/aromatic N) is 4. The number of H-pyrrole nitrogens is 2. The third-order valence-corrected chi connectivity index (χ3v) is 5.39. The van der Waals surface area contributed by atoms with Gasteiger partial charge in [-0.25, -0.2) is 0 Å². The predicted molar refractivity (Wildman–Crippen MR) is 95.0 cm³/mol. The van der Waals surface area contributed by atoms with Gasteiger partial charge in [-0.05, 0) is 32.2 Å².